The zero-order valence-electron chi connectivity index (χ0n) is 15.4. The van der Waals surface area contributed by atoms with Gasteiger partial charge in [-0.3, -0.25) is 4.79 Å². The largest absolute Gasteiger partial charge is 0.368 e. The lowest BCUT2D eigenvalue weighted by Gasteiger charge is -2.37. The van der Waals surface area contributed by atoms with Crippen LogP contribution in [-0.4, -0.2) is 48.1 Å². The summed E-state index contributed by atoms with van der Waals surface area (Å²) in [5, 5.41) is 2.94. The van der Waals surface area contributed by atoms with Crippen LogP contribution >= 0.6 is 0 Å². The Bertz CT molecular complexity index is 792. The van der Waals surface area contributed by atoms with Gasteiger partial charge in [0, 0.05) is 37.9 Å². The van der Waals surface area contributed by atoms with E-state index in [-0.39, 0.29) is 5.91 Å². The maximum absolute atomic E-state index is 12.0. The molecule has 0 unspecified atom stereocenters. The van der Waals surface area contributed by atoms with Crippen molar-refractivity contribution < 1.29 is 4.79 Å². The van der Waals surface area contributed by atoms with Crippen molar-refractivity contribution in [3.63, 3.8) is 0 Å². The van der Waals surface area contributed by atoms with Gasteiger partial charge in [-0.15, -0.1) is 0 Å². The normalized spacial score (nSPS) is 17.3. The van der Waals surface area contributed by atoms with Gasteiger partial charge < -0.3 is 15.1 Å². The van der Waals surface area contributed by atoms with E-state index in [1.807, 2.05) is 0 Å². The molecule has 2 fully saturated rings. The van der Waals surface area contributed by atoms with Crippen molar-refractivity contribution in [2.45, 2.75) is 32.7 Å². The molecule has 1 aromatic carbocycles. The molecule has 0 spiro atoms. The van der Waals surface area contributed by atoms with E-state index in [9.17, 15) is 4.79 Å². The third kappa shape index (κ3) is 3.49. The third-order valence-corrected chi connectivity index (χ3v) is 5.30. The molecule has 0 radical (unpaired) electrons. The molecule has 1 saturated heterocycles. The number of aryl methyl sites for hydroxylation is 1. The monoisotopic (exact) mass is 351 g/mol. The van der Waals surface area contributed by atoms with Crippen LogP contribution in [0.1, 0.15) is 34.5 Å². The van der Waals surface area contributed by atoms with Gasteiger partial charge in [0.1, 0.15) is 11.5 Å². The zero-order valence-corrected chi connectivity index (χ0v) is 15.4. The fraction of sp³-hybridized carbons (Fsp3) is 0.450. The number of carbonyl (C=O) groups is 1. The Hall–Kier alpha value is -2.63. The summed E-state index contributed by atoms with van der Waals surface area (Å²) in [6.07, 6.45) is 5.45. The fourth-order valence-corrected chi connectivity index (χ4v) is 3.34. The van der Waals surface area contributed by atoms with Crippen LogP contribution in [0.25, 0.3) is 0 Å². The highest BCUT2D eigenvalue weighted by molar-refractivity contribution is 5.92. The quantitative estimate of drug-likeness (QED) is 0.916. The Balaban J connectivity index is 1.38. The predicted octanol–water partition coefficient (Wildman–Crippen LogP) is 2.31. The molecule has 4 rings (SSSR count). The number of carbonyl (C=O) groups excluding carboxylic acids is 1. The van der Waals surface area contributed by atoms with Crippen LogP contribution in [0.5, 0.6) is 0 Å². The highest BCUT2D eigenvalue weighted by Crippen LogP contribution is 2.25. The molecule has 1 aliphatic heterocycles. The summed E-state index contributed by atoms with van der Waals surface area (Å²) in [6.45, 7) is 8.05. The van der Waals surface area contributed by atoms with Crippen molar-refractivity contribution in [1.29, 1.82) is 0 Å². The second-order valence-corrected chi connectivity index (χ2v) is 7.20. The van der Waals surface area contributed by atoms with Crippen molar-refractivity contribution in [1.82, 2.24) is 15.3 Å². The first-order chi connectivity index (χ1) is 12.6. The molecule has 136 valence electrons. The van der Waals surface area contributed by atoms with Crippen LogP contribution in [0.4, 0.5) is 11.5 Å². The second kappa shape index (κ2) is 6.94. The Morgan fingerprint density at radius 2 is 1.77 bits per heavy atom. The number of piperazine rings is 1. The number of nitrogens with one attached hydrogen (secondary N) is 1. The van der Waals surface area contributed by atoms with Crippen LogP contribution in [0.15, 0.2) is 30.6 Å². The average molecular weight is 351 g/mol. The summed E-state index contributed by atoms with van der Waals surface area (Å²) < 4.78 is 0. The van der Waals surface area contributed by atoms with E-state index < -0.39 is 0 Å². The Morgan fingerprint density at radius 1 is 1.04 bits per heavy atom. The molecule has 1 N–H and O–H groups in total. The molecule has 6 nitrogen and oxygen atoms in total. The van der Waals surface area contributed by atoms with Crippen LogP contribution in [0.2, 0.25) is 0 Å². The van der Waals surface area contributed by atoms with Crippen molar-refractivity contribution >= 4 is 17.4 Å². The second-order valence-electron chi connectivity index (χ2n) is 7.20. The molecule has 6 heteroatoms. The summed E-state index contributed by atoms with van der Waals surface area (Å²) in [6, 6.07) is 6.82. The number of nitrogens with zero attached hydrogens (tertiary/aromatic N) is 4. The standard InChI is InChI=1S/C20H25N5O/c1-14-4-3-5-18(15(14)2)24-8-10-25(11-9-24)19-13-21-17(12-22-19)20(26)23-16-6-7-16/h3-5,12-13,16H,6-11H2,1-2H3,(H,23,26). The summed E-state index contributed by atoms with van der Waals surface area (Å²) in [7, 11) is 0. The Kier molecular flexibility index (Phi) is 4.49. The zero-order chi connectivity index (χ0) is 18.1. The first-order valence-corrected chi connectivity index (χ1v) is 9.31. The molecule has 0 atom stereocenters. The minimum atomic E-state index is -0.119. The molecule has 1 saturated carbocycles. The van der Waals surface area contributed by atoms with Crippen molar-refractivity contribution in [2.24, 2.45) is 0 Å². The van der Waals surface area contributed by atoms with Crippen molar-refractivity contribution in [3.05, 3.63) is 47.4 Å². The van der Waals surface area contributed by atoms with E-state index >= 15 is 0 Å². The maximum Gasteiger partial charge on any atom is 0.271 e. The smallest absolute Gasteiger partial charge is 0.271 e. The lowest BCUT2D eigenvalue weighted by atomic mass is 10.1. The van der Waals surface area contributed by atoms with E-state index in [0.29, 0.717) is 11.7 Å². The number of anilines is 2. The van der Waals surface area contributed by atoms with Crippen LogP contribution < -0.4 is 15.1 Å². The summed E-state index contributed by atoms with van der Waals surface area (Å²) in [5.74, 6) is 0.722. The molecule has 0 bridgehead atoms. The van der Waals surface area contributed by atoms with E-state index in [0.717, 1.165) is 44.8 Å². The number of hydrogen-bond donors (Lipinski definition) is 1. The predicted molar refractivity (Wildman–Crippen MR) is 103 cm³/mol. The molecule has 26 heavy (non-hydrogen) atoms. The molecule has 1 aromatic heterocycles. The van der Waals surface area contributed by atoms with Gasteiger partial charge in [0.05, 0.1) is 12.4 Å². The van der Waals surface area contributed by atoms with Gasteiger partial charge in [0.2, 0.25) is 0 Å². The molecule has 2 aromatic rings. The molecule has 2 aliphatic rings. The van der Waals surface area contributed by atoms with Crippen LogP contribution in [0, 0.1) is 13.8 Å². The number of benzene rings is 1. The lowest BCUT2D eigenvalue weighted by molar-refractivity contribution is 0.0945. The van der Waals surface area contributed by atoms with Gasteiger partial charge in [-0.25, -0.2) is 9.97 Å². The first kappa shape index (κ1) is 16.8. The lowest BCUT2D eigenvalue weighted by Crippen LogP contribution is -2.47. The van der Waals surface area contributed by atoms with Gasteiger partial charge in [-0.05, 0) is 43.9 Å². The van der Waals surface area contributed by atoms with Crippen LogP contribution in [-0.2, 0) is 0 Å². The van der Waals surface area contributed by atoms with Gasteiger partial charge in [0.25, 0.3) is 5.91 Å². The van der Waals surface area contributed by atoms with Gasteiger partial charge >= 0.3 is 0 Å². The number of aromatic nitrogens is 2. The number of rotatable bonds is 4. The summed E-state index contributed by atoms with van der Waals surface area (Å²) in [5.41, 5.74) is 4.40. The van der Waals surface area contributed by atoms with Gasteiger partial charge in [-0.1, -0.05) is 12.1 Å². The highest BCUT2D eigenvalue weighted by atomic mass is 16.2. The van der Waals surface area contributed by atoms with E-state index in [4.69, 9.17) is 0 Å². The van der Waals surface area contributed by atoms with Crippen LogP contribution in [0.3, 0.4) is 0 Å². The Labute approximate surface area is 154 Å². The van der Waals surface area contributed by atoms with Crippen molar-refractivity contribution in [3.8, 4) is 0 Å². The molecule has 2 heterocycles. The van der Waals surface area contributed by atoms with Gasteiger partial charge in [-0.2, -0.15) is 0 Å². The first-order valence-electron chi connectivity index (χ1n) is 9.31. The molecule has 1 amide bonds. The average Bonchev–Trinajstić information content (AvgIpc) is 3.48. The summed E-state index contributed by atoms with van der Waals surface area (Å²) in [4.78, 5) is 25.4. The van der Waals surface area contributed by atoms with E-state index in [1.54, 1.807) is 12.4 Å². The third-order valence-electron chi connectivity index (χ3n) is 5.30. The SMILES string of the molecule is Cc1cccc(N2CCN(c3cnc(C(=O)NC4CC4)cn3)CC2)c1C. The molecule has 1 aliphatic carbocycles. The number of hydrogen-bond acceptors (Lipinski definition) is 5. The van der Waals surface area contributed by atoms with Gasteiger partial charge in [0.15, 0.2) is 0 Å². The topological polar surface area (TPSA) is 61.4 Å². The van der Waals surface area contributed by atoms with Crippen molar-refractivity contribution in [2.75, 3.05) is 36.0 Å². The molecular weight excluding hydrogens is 326 g/mol. The number of amides is 1. The Morgan fingerprint density at radius 3 is 2.42 bits per heavy atom. The van der Waals surface area contributed by atoms with E-state index in [2.05, 4.69) is 57.1 Å². The fourth-order valence-electron chi connectivity index (χ4n) is 3.34. The van der Waals surface area contributed by atoms with E-state index in [1.165, 1.54) is 16.8 Å². The maximum atomic E-state index is 12.0. The summed E-state index contributed by atoms with van der Waals surface area (Å²) >= 11 is 0. The minimum absolute atomic E-state index is 0.119. The highest BCUT2D eigenvalue weighted by Gasteiger charge is 2.25. The molecular formula is C20H25N5O. The minimum Gasteiger partial charge on any atom is -0.368 e.